The third-order valence-corrected chi connectivity index (χ3v) is 8.39. The van der Waals surface area contributed by atoms with Crippen molar-refractivity contribution >= 4 is 40.0 Å². The molecule has 1 aromatic carbocycles. The number of carboxylic acids is 1. The van der Waals surface area contributed by atoms with Crippen molar-refractivity contribution in [2.45, 2.75) is 39.5 Å². The lowest BCUT2D eigenvalue weighted by molar-refractivity contribution is -0.123. The number of nitrogens with zero attached hydrogens (tertiary/aromatic N) is 2. The molecule has 1 aliphatic rings. The molecule has 0 atom stereocenters. The maximum absolute atomic E-state index is 13.7. The predicted molar refractivity (Wildman–Crippen MR) is 150 cm³/mol. The number of carbonyl (C=O) groups excluding carboxylic acids is 1. The van der Waals surface area contributed by atoms with E-state index in [-0.39, 0.29) is 16.7 Å². The van der Waals surface area contributed by atoms with E-state index in [9.17, 15) is 14.7 Å². The molecule has 1 saturated carbocycles. The maximum atomic E-state index is 13.7. The van der Waals surface area contributed by atoms with E-state index in [1.807, 2.05) is 55.5 Å². The summed E-state index contributed by atoms with van der Waals surface area (Å²) in [6.45, 7) is 5.35. The van der Waals surface area contributed by atoms with E-state index < -0.39 is 5.97 Å². The third kappa shape index (κ3) is 5.51. The van der Waals surface area contributed by atoms with E-state index in [4.69, 9.17) is 9.15 Å². The Hall–Kier alpha value is -3.49. The molecule has 0 spiro atoms. The molecule has 0 bridgehead atoms. The Bertz CT molecular complexity index is 1380. The van der Waals surface area contributed by atoms with E-state index in [1.165, 1.54) is 11.3 Å². The largest absolute Gasteiger partial charge is 0.477 e. The van der Waals surface area contributed by atoms with Gasteiger partial charge in [-0.3, -0.25) is 9.78 Å². The zero-order chi connectivity index (χ0) is 26.6. The Labute approximate surface area is 226 Å². The highest BCUT2D eigenvalue weighted by Gasteiger charge is 2.32. The molecule has 1 aliphatic carbocycles. The summed E-state index contributed by atoms with van der Waals surface area (Å²) < 4.78 is 11.5. The molecule has 0 radical (unpaired) electrons. The van der Waals surface area contributed by atoms with Crippen molar-refractivity contribution in [1.82, 2.24) is 4.98 Å². The number of aromatic carboxylic acids is 1. The van der Waals surface area contributed by atoms with Crippen molar-refractivity contribution in [3.05, 3.63) is 59.6 Å². The van der Waals surface area contributed by atoms with Crippen LogP contribution in [0.25, 0.3) is 32.9 Å². The molecule has 198 valence electrons. The minimum absolute atomic E-state index is 0.00250. The smallest absolute Gasteiger partial charge is 0.348 e. The van der Waals surface area contributed by atoms with Gasteiger partial charge in [-0.05, 0) is 62.3 Å². The number of carbonyl (C=O) groups is 2. The number of rotatable bonds is 9. The van der Waals surface area contributed by atoms with Gasteiger partial charge in [0.15, 0.2) is 5.58 Å². The standard InChI is InChI=1S/C30H32N2O5S/c1-3-36-16-15-32(29(33)22-8-6-19(2)7-9-22)24-18-27(38-28(24)30(34)35)21-12-10-20(11-13-21)26-17-23-25(37-26)5-4-14-31-23/h4-5,10-14,17-19,22H,3,6-9,15-16H2,1-2H3,(H,34,35). The molecule has 1 fully saturated rings. The maximum Gasteiger partial charge on any atom is 0.348 e. The summed E-state index contributed by atoms with van der Waals surface area (Å²) >= 11 is 1.19. The number of pyridine rings is 1. The second-order valence-corrected chi connectivity index (χ2v) is 10.9. The molecule has 1 amide bonds. The third-order valence-electron chi connectivity index (χ3n) is 7.23. The van der Waals surface area contributed by atoms with E-state index in [0.717, 1.165) is 58.5 Å². The van der Waals surface area contributed by atoms with Gasteiger partial charge in [0.1, 0.15) is 16.2 Å². The van der Waals surface area contributed by atoms with Crippen molar-refractivity contribution < 1.29 is 23.8 Å². The number of amides is 1. The SMILES string of the molecule is CCOCCN(C(=O)C1CCC(C)CC1)c1cc(-c2ccc(-c3cc4ncccc4o3)cc2)sc1C(=O)O. The Kier molecular flexibility index (Phi) is 7.90. The number of carboxylic acid groups (broad SMARTS) is 1. The quantitative estimate of drug-likeness (QED) is 0.231. The van der Waals surface area contributed by atoms with Gasteiger partial charge in [0.2, 0.25) is 5.91 Å². The van der Waals surface area contributed by atoms with Gasteiger partial charge in [0.05, 0.1) is 12.3 Å². The van der Waals surface area contributed by atoms with Crippen molar-refractivity contribution in [2.75, 3.05) is 24.7 Å². The summed E-state index contributed by atoms with van der Waals surface area (Å²) in [5.74, 6) is 0.219. The van der Waals surface area contributed by atoms with Crippen LogP contribution in [0.15, 0.2) is 59.1 Å². The number of hydrogen-bond acceptors (Lipinski definition) is 6. The average molecular weight is 533 g/mol. The van der Waals surface area contributed by atoms with Crippen molar-refractivity contribution in [3.63, 3.8) is 0 Å². The van der Waals surface area contributed by atoms with Crippen LogP contribution in [0.3, 0.4) is 0 Å². The number of hydrogen-bond donors (Lipinski definition) is 1. The first-order valence-corrected chi connectivity index (χ1v) is 14.0. The number of thiophene rings is 1. The second-order valence-electron chi connectivity index (χ2n) is 9.85. The summed E-state index contributed by atoms with van der Waals surface area (Å²) in [5, 5.41) is 10.1. The zero-order valence-electron chi connectivity index (χ0n) is 21.7. The number of fused-ring (bicyclic) bond motifs is 1. The molecule has 4 aromatic rings. The minimum Gasteiger partial charge on any atom is -0.477 e. The highest BCUT2D eigenvalue weighted by molar-refractivity contribution is 7.18. The number of ether oxygens (including phenoxy) is 1. The molecule has 0 unspecified atom stereocenters. The van der Waals surface area contributed by atoms with Crippen LogP contribution in [0, 0.1) is 11.8 Å². The lowest BCUT2D eigenvalue weighted by atomic mass is 9.82. The molecular formula is C30H32N2O5S. The van der Waals surface area contributed by atoms with Gasteiger partial charge in [-0.25, -0.2) is 4.79 Å². The summed E-state index contributed by atoms with van der Waals surface area (Å²) in [4.78, 5) is 32.9. The Morgan fingerprint density at radius 3 is 2.53 bits per heavy atom. The number of furan rings is 1. The van der Waals surface area contributed by atoms with Crippen LogP contribution in [-0.2, 0) is 9.53 Å². The van der Waals surface area contributed by atoms with Gasteiger partial charge in [-0.15, -0.1) is 11.3 Å². The normalized spacial score (nSPS) is 17.5. The van der Waals surface area contributed by atoms with E-state index in [1.54, 1.807) is 11.1 Å². The van der Waals surface area contributed by atoms with Gasteiger partial charge in [-0.1, -0.05) is 31.2 Å². The predicted octanol–water partition coefficient (Wildman–Crippen LogP) is 7.12. The molecular weight excluding hydrogens is 500 g/mol. The van der Waals surface area contributed by atoms with E-state index in [0.29, 0.717) is 31.4 Å². The van der Waals surface area contributed by atoms with Crippen LogP contribution in [0.5, 0.6) is 0 Å². The summed E-state index contributed by atoms with van der Waals surface area (Å²) in [7, 11) is 0. The average Bonchev–Trinajstić information content (AvgIpc) is 3.57. The molecule has 0 saturated heterocycles. The fourth-order valence-corrected chi connectivity index (χ4v) is 6.07. The van der Waals surface area contributed by atoms with Gasteiger partial charge in [0.25, 0.3) is 0 Å². The second kappa shape index (κ2) is 11.5. The summed E-state index contributed by atoms with van der Waals surface area (Å²) in [5.41, 5.74) is 3.76. The first kappa shape index (κ1) is 26.1. The topological polar surface area (TPSA) is 92.9 Å². The van der Waals surface area contributed by atoms with Crippen molar-refractivity contribution in [3.8, 4) is 21.8 Å². The minimum atomic E-state index is -1.03. The van der Waals surface area contributed by atoms with Gasteiger partial charge in [-0.2, -0.15) is 0 Å². The molecule has 0 aliphatic heterocycles. The lowest BCUT2D eigenvalue weighted by Gasteiger charge is -2.31. The molecule has 1 N–H and O–H groups in total. The molecule has 7 nitrogen and oxygen atoms in total. The number of benzene rings is 1. The highest BCUT2D eigenvalue weighted by atomic mass is 32.1. The molecule has 38 heavy (non-hydrogen) atoms. The van der Waals surface area contributed by atoms with Crippen LogP contribution in [0.1, 0.15) is 49.2 Å². The Balaban J connectivity index is 1.44. The van der Waals surface area contributed by atoms with Gasteiger partial charge in [0, 0.05) is 41.8 Å². The van der Waals surface area contributed by atoms with E-state index >= 15 is 0 Å². The Morgan fingerprint density at radius 1 is 1.11 bits per heavy atom. The molecule has 3 aromatic heterocycles. The fraction of sp³-hybridized carbons (Fsp3) is 0.367. The first-order valence-electron chi connectivity index (χ1n) is 13.2. The fourth-order valence-electron chi connectivity index (χ4n) is 5.06. The monoisotopic (exact) mass is 532 g/mol. The van der Waals surface area contributed by atoms with Gasteiger partial charge >= 0.3 is 5.97 Å². The summed E-state index contributed by atoms with van der Waals surface area (Å²) in [6.07, 6.45) is 5.44. The molecule has 8 heteroatoms. The van der Waals surface area contributed by atoms with Crippen molar-refractivity contribution in [1.29, 1.82) is 0 Å². The van der Waals surface area contributed by atoms with Crippen LogP contribution in [-0.4, -0.2) is 41.7 Å². The van der Waals surface area contributed by atoms with E-state index in [2.05, 4.69) is 11.9 Å². The molecule has 3 heterocycles. The van der Waals surface area contributed by atoms with Crippen LogP contribution in [0.4, 0.5) is 5.69 Å². The van der Waals surface area contributed by atoms with Crippen LogP contribution in [0.2, 0.25) is 0 Å². The number of anilines is 1. The lowest BCUT2D eigenvalue weighted by Crippen LogP contribution is -2.40. The Morgan fingerprint density at radius 2 is 1.84 bits per heavy atom. The van der Waals surface area contributed by atoms with Crippen LogP contribution >= 0.6 is 11.3 Å². The highest BCUT2D eigenvalue weighted by Crippen LogP contribution is 2.40. The summed E-state index contributed by atoms with van der Waals surface area (Å²) in [6, 6.07) is 15.3. The van der Waals surface area contributed by atoms with Crippen molar-refractivity contribution in [2.24, 2.45) is 11.8 Å². The van der Waals surface area contributed by atoms with Crippen LogP contribution < -0.4 is 4.90 Å². The van der Waals surface area contributed by atoms with Gasteiger partial charge < -0.3 is 19.2 Å². The first-order chi connectivity index (χ1) is 18.4. The molecule has 5 rings (SSSR count). The number of aromatic nitrogens is 1. The zero-order valence-corrected chi connectivity index (χ0v) is 22.5.